The minimum absolute atomic E-state index is 0.00230. The van der Waals surface area contributed by atoms with E-state index in [9.17, 15) is 9.18 Å². The molecule has 1 aromatic heterocycles. The highest BCUT2D eigenvalue weighted by molar-refractivity contribution is 7.99. The molecule has 114 valence electrons. The molecular formula is C16H16FN3OS. The van der Waals surface area contributed by atoms with E-state index < -0.39 is 0 Å². The number of hydrogen-bond acceptors (Lipinski definition) is 4. The third-order valence-electron chi connectivity index (χ3n) is 3.71. The molecule has 6 heteroatoms. The molecule has 0 N–H and O–H groups in total. The zero-order valence-corrected chi connectivity index (χ0v) is 13.0. The first-order chi connectivity index (χ1) is 10.6. The zero-order chi connectivity index (χ0) is 15.5. The van der Waals surface area contributed by atoms with Crippen molar-refractivity contribution in [1.29, 1.82) is 0 Å². The lowest BCUT2D eigenvalue weighted by Crippen LogP contribution is -2.43. The highest BCUT2D eigenvalue weighted by Crippen LogP contribution is 2.32. The molecule has 2 aromatic rings. The van der Waals surface area contributed by atoms with E-state index in [-0.39, 0.29) is 23.5 Å². The van der Waals surface area contributed by atoms with Crippen LogP contribution in [0.4, 0.5) is 10.1 Å². The maximum absolute atomic E-state index is 13.4. The summed E-state index contributed by atoms with van der Waals surface area (Å²) in [7, 11) is 0. The molecule has 1 aliphatic heterocycles. The summed E-state index contributed by atoms with van der Waals surface area (Å²) in [6, 6.07) is 6.48. The summed E-state index contributed by atoms with van der Waals surface area (Å²) in [4.78, 5) is 22.6. The molecule has 0 bridgehead atoms. The number of fused-ring (bicyclic) bond motifs is 1. The highest BCUT2D eigenvalue weighted by Gasteiger charge is 2.28. The van der Waals surface area contributed by atoms with E-state index in [1.807, 2.05) is 6.92 Å². The Labute approximate surface area is 132 Å². The van der Waals surface area contributed by atoms with Gasteiger partial charge in [0.2, 0.25) is 5.91 Å². The first kappa shape index (κ1) is 15.0. The Morgan fingerprint density at radius 2 is 2.18 bits per heavy atom. The van der Waals surface area contributed by atoms with Crippen molar-refractivity contribution in [1.82, 2.24) is 9.97 Å². The van der Waals surface area contributed by atoms with Crippen molar-refractivity contribution >= 4 is 23.4 Å². The SMILES string of the molecule is C[C@H]1CCc2cc(F)ccc2N1C(=O)CSc1ncccn1. The van der Waals surface area contributed by atoms with Gasteiger partial charge >= 0.3 is 0 Å². The Hall–Kier alpha value is -1.95. The summed E-state index contributed by atoms with van der Waals surface area (Å²) in [5, 5.41) is 0.583. The van der Waals surface area contributed by atoms with Gasteiger partial charge in [-0.3, -0.25) is 4.79 Å². The van der Waals surface area contributed by atoms with Gasteiger partial charge in [0.1, 0.15) is 5.82 Å². The number of nitrogens with zero attached hydrogens (tertiary/aromatic N) is 3. The van der Waals surface area contributed by atoms with Crippen molar-refractivity contribution < 1.29 is 9.18 Å². The van der Waals surface area contributed by atoms with Crippen molar-refractivity contribution in [2.75, 3.05) is 10.7 Å². The van der Waals surface area contributed by atoms with E-state index in [1.54, 1.807) is 29.4 Å². The van der Waals surface area contributed by atoms with Crippen LogP contribution < -0.4 is 4.90 Å². The highest BCUT2D eigenvalue weighted by atomic mass is 32.2. The van der Waals surface area contributed by atoms with E-state index in [4.69, 9.17) is 0 Å². The normalized spacial score (nSPS) is 17.2. The maximum Gasteiger partial charge on any atom is 0.237 e. The molecule has 1 aliphatic rings. The number of halogens is 1. The summed E-state index contributed by atoms with van der Waals surface area (Å²) in [5.74, 6) is 0.0100. The third-order valence-corrected chi connectivity index (χ3v) is 4.57. The van der Waals surface area contributed by atoms with Gasteiger partial charge in [-0.1, -0.05) is 11.8 Å². The molecule has 0 spiro atoms. The van der Waals surface area contributed by atoms with Gasteiger partial charge in [0.05, 0.1) is 5.75 Å². The van der Waals surface area contributed by atoms with Crippen LogP contribution >= 0.6 is 11.8 Å². The van der Waals surface area contributed by atoms with Gasteiger partial charge in [-0.15, -0.1) is 0 Å². The van der Waals surface area contributed by atoms with Crippen LogP contribution in [0.1, 0.15) is 18.9 Å². The van der Waals surface area contributed by atoms with E-state index in [1.165, 1.54) is 23.9 Å². The number of aryl methyl sites for hydroxylation is 1. The molecule has 4 nitrogen and oxygen atoms in total. The van der Waals surface area contributed by atoms with Crippen LogP contribution in [0.25, 0.3) is 0 Å². The van der Waals surface area contributed by atoms with Crippen molar-refractivity contribution in [2.24, 2.45) is 0 Å². The van der Waals surface area contributed by atoms with Gasteiger partial charge in [0.15, 0.2) is 5.16 Å². The van der Waals surface area contributed by atoms with Crippen LogP contribution in [-0.2, 0) is 11.2 Å². The summed E-state index contributed by atoms with van der Waals surface area (Å²) in [6.07, 6.45) is 4.95. The Balaban J connectivity index is 1.77. The van der Waals surface area contributed by atoms with Crippen molar-refractivity contribution in [3.63, 3.8) is 0 Å². The number of anilines is 1. The standard InChI is InChI=1S/C16H16FN3OS/c1-11-3-4-12-9-13(17)5-6-14(12)20(11)15(21)10-22-16-18-7-2-8-19-16/h2,5-9,11H,3-4,10H2,1H3/t11-/m0/s1. The van der Waals surface area contributed by atoms with Gasteiger partial charge in [-0.05, 0) is 49.6 Å². The second-order valence-corrected chi connectivity index (χ2v) is 6.19. The Bertz CT molecular complexity index is 680. The molecule has 2 heterocycles. The fourth-order valence-electron chi connectivity index (χ4n) is 2.66. The van der Waals surface area contributed by atoms with Crippen molar-refractivity contribution in [3.8, 4) is 0 Å². The average Bonchev–Trinajstić information content (AvgIpc) is 2.54. The van der Waals surface area contributed by atoms with Gasteiger partial charge in [-0.2, -0.15) is 0 Å². The van der Waals surface area contributed by atoms with E-state index in [2.05, 4.69) is 9.97 Å². The molecule has 0 fully saturated rings. The van der Waals surface area contributed by atoms with Crippen molar-refractivity contribution in [2.45, 2.75) is 31.0 Å². The van der Waals surface area contributed by atoms with Crippen LogP contribution in [0.15, 0.2) is 41.8 Å². The van der Waals surface area contributed by atoms with Gasteiger partial charge in [0, 0.05) is 24.1 Å². The molecule has 3 rings (SSSR count). The summed E-state index contributed by atoms with van der Waals surface area (Å²) < 4.78 is 13.4. The largest absolute Gasteiger partial charge is 0.309 e. The lowest BCUT2D eigenvalue weighted by atomic mass is 9.96. The molecule has 0 saturated heterocycles. The number of rotatable bonds is 3. The summed E-state index contributed by atoms with van der Waals surface area (Å²) >= 11 is 1.31. The second-order valence-electron chi connectivity index (χ2n) is 5.24. The number of hydrogen-bond donors (Lipinski definition) is 0. The topological polar surface area (TPSA) is 46.1 Å². The molecular weight excluding hydrogens is 301 g/mol. The maximum atomic E-state index is 13.4. The van der Waals surface area contributed by atoms with Gasteiger partial charge < -0.3 is 4.90 Å². The molecule has 0 radical (unpaired) electrons. The third kappa shape index (κ3) is 3.11. The number of carbonyl (C=O) groups excluding carboxylic acids is 1. The fraction of sp³-hybridized carbons (Fsp3) is 0.312. The minimum Gasteiger partial charge on any atom is -0.309 e. The van der Waals surface area contributed by atoms with E-state index in [0.717, 1.165) is 24.1 Å². The molecule has 22 heavy (non-hydrogen) atoms. The van der Waals surface area contributed by atoms with Crippen molar-refractivity contribution in [3.05, 3.63) is 48.0 Å². The Kier molecular flexibility index (Phi) is 4.38. The molecule has 0 saturated carbocycles. The lowest BCUT2D eigenvalue weighted by molar-refractivity contribution is -0.116. The monoisotopic (exact) mass is 317 g/mol. The zero-order valence-electron chi connectivity index (χ0n) is 12.2. The second kappa shape index (κ2) is 6.44. The minimum atomic E-state index is -0.257. The van der Waals surface area contributed by atoms with E-state index >= 15 is 0 Å². The van der Waals surface area contributed by atoms with Crippen LogP contribution in [-0.4, -0.2) is 27.7 Å². The summed E-state index contributed by atoms with van der Waals surface area (Å²) in [5.41, 5.74) is 1.71. The van der Waals surface area contributed by atoms with E-state index in [0.29, 0.717) is 5.16 Å². The molecule has 1 atom stereocenters. The predicted octanol–water partition coefficient (Wildman–Crippen LogP) is 3.08. The Morgan fingerprint density at radius 1 is 1.41 bits per heavy atom. The van der Waals surface area contributed by atoms with Crippen LogP contribution in [0.5, 0.6) is 0 Å². The molecule has 0 aliphatic carbocycles. The number of carbonyl (C=O) groups is 1. The van der Waals surface area contributed by atoms with Crippen LogP contribution in [0.3, 0.4) is 0 Å². The predicted molar refractivity (Wildman–Crippen MR) is 84.4 cm³/mol. The summed E-state index contributed by atoms with van der Waals surface area (Å²) in [6.45, 7) is 2.02. The lowest BCUT2D eigenvalue weighted by Gasteiger charge is -2.35. The Morgan fingerprint density at radius 3 is 2.95 bits per heavy atom. The average molecular weight is 317 g/mol. The quantitative estimate of drug-likeness (QED) is 0.645. The first-order valence-corrected chi connectivity index (χ1v) is 8.14. The van der Waals surface area contributed by atoms with Gasteiger partial charge in [0.25, 0.3) is 0 Å². The fourth-order valence-corrected chi connectivity index (χ4v) is 3.32. The van der Waals surface area contributed by atoms with Crippen LogP contribution in [0, 0.1) is 5.82 Å². The molecule has 1 aromatic carbocycles. The number of thioether (sulfide) groups is 1. The number of aromatic nitrogens is 2. The molecule has 1 amide bonds. The smallest absolute Gasteiger partial charge is 0.237 e. The molecule has 0 unspecified atom stereocenters. The first-order valence-electron chi connectivity index (χ1n) is 7.15. The number of benzene rings is 1. The van der Waals surface area contributed by atoms with Gasteiger partial charge in [-0.25, -0.2) is 14.4 Å². The van der Waals surface area contributed by atoms with Crippen LogP contribution in [0.2, 0.25) is 0 Å². The number of amides is 1.